The van der Waals surface area contributed by atoms with E-state index in [0.29, 0.717) is 24.4 Å². The first-order chi connectivity index (χ1) is 13.6. The molecule has 0 saturated carbocycles. The Bertz CT molecular complexity index is 1040. The molecule has 0 radical (unpaired) electrons. The van der Waals surface area contributed by atoms with Crippen LogP contribution >= 0.6 is 0 Å². The molecule has 2 aromatic heterocycles. The normalized spacial score (nSPS) is 19.4. The fraction of sp³-hybridized carbons (Fsp3) is 0.304. The van der Waals surface area contributed by atoms with Gasteiger partial charge in [-0.2, -0.15) is 5.26 Å². The standard InChI is InChI=1S/C23H22N4O/c1-16-10-20(15-27(14-16)22(28)11-17-4-3-9-25-13-17)21-8-7-18-5-2-6-19(12-24)23(18)26-21/h2-9,13,16,20H,10-11,14-15H2,1H3/t16-,20+/m0/s1. The number of hydrogen-bond donors (Lipinski definition) is 0. The SMILES string of the molecule is C[C@H]1C[C@@H](c2ccc3cccc(C#N)c3n2)CN(C(=O)Cc2cccnc2)C1. The summed E-state index contributed by atoms with van der Waals surface area (Å²) in [4.78, 5) is 23.7. The fourth-order valence-electron chi connectivity index (χ4n) is 4.04. The lowest BCUT2D eigenvalue weighted by Crippen LogP contribution is -2.43. The second kappa shape index (κ2) is 7.77. The van der Waals surface area contributed by atoms with E-state index in [2.05, 4.69) is 18.0 Å². The maximum Gasteiger partial charge on any atom is 0.227 e. The van der Waals surface area contributed by atoms with Gasteiger partial charge >= 0.3 is 0 Å². The molecule has 0 aliphatic carbocycles. The van der Waals surface area contributed by atoms with Gasteiger partial charge in [0.2, 0.25) is 5.91 Å². The Hall–Kier alpha value is -3.26. The highest BCUT2D eigenvalue weighted by Gasteiger charge is 2.29. The maximum absolute atomic E-state index is 12.8. The molecule has 5 heteroatoms. The van der Waals surface area contributed by atoms with E-state index < -0.39 is 0 Å². The van der Waals surface area contributed by atoms with Gasteiger partial charge in [0.05, 0.1) is 17.5 Å². The molecule has 1 aliphatic rings. The predicted molar refractivity (Wildman–Crippen MR) is 108 cm³/mol. The first-order valence-corrected chi connectivity index (χ1v) is 9.60. The topological polar surface area (TPSA) is 69.9 Å². The second-order valence-corrected chi connectivity index (χ2v) is 7.60. The van der Waals surface area contributed by atoms with Gasteiger partial charge in [0.25, 0.3) is 0 Å². The summed E-state index contributed by atoms with van der Waals surface area (Å²) >= 11 is 0. The first-order valence-electron chi connectivity index (χ1n) is 9.60. The van der Waals surface area contributed by atoms with Crippen LogP contribution in [0.2, 0.25) is 0 Å². The van der Waals surface area contributed by atoms with Gasteiger partial charge < -0.3 is 4.90 Å². The zero-order valence-electron chi connectivity index (χ0n) is 15.9. The number of amides is 1. The van der Waals surface area contributed by atoms with Gasteiger partial charge in [-0.15, -0.1) is 0 Å². The van der Waals surface area contributed by atoms with Crippen LogP contribution in [-0.2, 0) is 11.2 Å². The highest BCUT2D eigenvalue weighted by Crippen LogP contribution is 2.31. The number of aromatic nitrogens is 2. The van der Waals surface area contributed by atoms with Crippen LogP contribution in [0.15, 0.2) is 54.9 Å². The van der Waals surface area contributed by atoms with Crippen LogP contribution < -0.4 is 0 Å². The van der Waals surface area contributed by atoms with Crippen molar-refractivity contribution in [1.82, 2.24) is 14.9 Å². The molecule has 28 heavy (non-hydrogen) atoms. The van der Waals surface area contributed by atoms with Crippen LogP contribution in [0.1, 0.15) is 36.1 Å². The predicted octanol–water partition coefficient (Wildman–Crippen LogP) is 3.70. The molecule has 1 amide bonds. The molecular weight excluding hydrogens is 348 g/mol. The monoisotopic (exact) mass is 370 g/mol. The van der Waals surface area contributed by atoms with E-state index in [9.17, 15) is 10.1 Å². The Morgan fingerprint density at radius 1 is 1.21 bits per heavy atom. The van der Waals surface area contributed by atoms with Gasteiger partial charge in [-0.1, -0.05) is 31.2 Å². The molecular formula is C23H22N4O. The Kier molecular flexibility index (Phi) is 5.03. The molecule has 1 saturated heterocycles. The quantitative estimate of drug-likeness (QED) is 0.705. The molecule has 3 heterocycles. The van der Waals surface area contributed by atoms with Crippen LogP contribution in [0, 0.1) is 17.2 Å². The number of carbonyl (C=O) groups excluding carboxylic acids is 1. The highest BCUT2D eigenvalue weighted by molar-refractivity contribution is 5.84. The minimum atomic E-state index is 0.128. The number of nitrogens with zero attached hydrogens (tertiary/aromatic N) is 4. The molecule has 4 rings (SSSR count). The van der Waals surface area contributed by atoms with Crippen molar-refractivity contribution in [3.05, 3.63) is 71.7 Å². The minimum absolute atomic E-state index is 0.128. The van der Waals surface area contributed by atoms with Crippen molar-refractivity contribution in [3.63, 3.8) is 0 Å². The third-order valence-corrected chi connectivity index (χ3v) is 5.37. The molecule has 0 N–H and O–H groups in total. The van der Waals surface area contributed by atoms with Crippen molar-refractivity contribution in [1.29, 1.82) is 5.26 Å². The number of piperidine rings is 1. The zero-order valence-corrected chi connectivity index (χ0v) is 15.9. The Balaban J connectivity index is 1.57. The van der Waals surface area contributed by atoms with Crippen molar-refractivity contribution < 1.29 is 4.79 Å². The van der Waals surface area contributed by atoms with E-state index in [4.69, 9.17) is 4.98 Å². The summed E-state index contributed by atoms with van der Waals surface area (Å²) in [5.41, 5.74) is 3.23. The minimum Gasteiger partial charge on any atom is -0.341 e. The summed E-state index contributed by atoms with van der Waals surface area (Å²) in [7, 11) is 0. The van der Waals surface area contributed by atoms with Crippen LogP contribution in [-0.4, -0.2) is 33.9 Å². The average molecular weight is 370 g/mol. The van der Waals surface area contributed by atoms with Gasteiger partial charge in [-0.25, -0.2) is 0 Å². The van der Waals surface area contributed by atoms with Crippen molar-refractivity contribution in [2.24, 2.45) is 5.92 Å². The van der Waals surface area contributed by atoms with Gasteiger partial charge in [-0.3, -0.25) is 14.8 Å². The lowest BCUT2D eigenvalue weighted by molar-refractivity contribution is -0.132. The van der Waals surface area contributed by atoms with Gasteiger partial charge in [0.1, 0.15) is 6.07 Å². The van der Waals surface area contributed by atoms with Crippen LogP contribution in [0.4, 0.5) is 0 Å². The molecule has 1 aromatic carbocycles. The van der Waals surface area contributed by atoms with Crippen molar-refractivity contribution in [2.45, 2.75) is 25.7 Å². The number of para-hydroxylation sites is 1. The Morgan fingerprint density at radius 2 is 2.11 bits per heavy atom. The number of carbonyl (C=O) groups is 1. The molecule has 5 nitrogen and oxygen atoms in total. The lowest BCUT2D eigenvalue weighted by Gasteiger charge is -2.36. The van der Waals surface area contributed by atoms with Gasteiger partial charge in [0, 0.05) is 42.5 Å². The molecule has 2 atom stereocenters. The molecule has 0 bridgehead atoms. The molecule has 3 aromatic rings. The summed E-state index contributed by atoms with van der Waals surface area (Å²) in [5.74, 6) is 0.709. The van der Waals surface area contributed by atoms with Gasteiger partial charge in [-0.05, 0) is 36.1 Å². The summed E-state index contributed by atoms with van der Waals surface area (Å²) < 4.78 is 0. The number of hydrogen-bond acceptors (Lipinski definition) is 4. The van der Waals surface area contributed by atoms with E-state index in [-0.39, 0.29) is 11.8 Å². The molecule has 0 unspecified atom stereocenters. The smallest absolute Gasteiger partial charge is 0.227 e. The van der Waals surface area contributed by atoms with Crippen molar-refractivity contribution in [3.8, 4) is 6.07 Å². The maximum atomic E-state index is 12.8. The van der Waals surface area contributed by atoms with E-state index >= 15 is 0 Å². The average Bonchev–Trinajstić information content (AvgIpc) is 2.73. The molecule has 1 fully saturated rings. The second-order valence-electron chi connectivity index (χ2n) is 7.60. The molecule has 0 spiro atoms. The number of rotatable bonds is 3. The zero-order chi connectivity index (χ0) is 19.5. The summed E-state index contributed by atoms with van der Waals surface area (Å²) in [6.07, 6.45) is 4.83. The molecule has 1 aliphatic heterocycles. The van der Waals surface area contributed by atoms with Crippen LogP contribution in [0.3, 0.4) is 0 Å². The summed E-state index contributed by atoms with van der Waals surface area (Å²) in [6.45, 7) is 3.61. The summed E-state index contributed by atoms with van der Waals surface area (Å²) in [6, 6.07) is 15.7. The van der Waals surface area contributed by atoms with Crippen LogP contribution in [0.5, 0.6) is 0 Å². The summed E-state index contributed by atoms with van der Waals surface area (Å²) in [5, 5.41) is 10.4. The number of likely N-dealkylation sites (tertiary alicyclic amines) is 1. The Morgan fingerprint density at radius 3 is 2.89 bits per heavy atom. The number of pyridine rings is 2. The van der Waals surface area contributed by atoms with Crippen molar-refractivity contribution >= 4 is 16.8 Å². The number of nitriles is 1. The van der Waals surface area contributed by atoms with Crippen molar-refractivity contribution in [2.75, 3.05) is 13.1 Å². The van der Waals surface area contributed by atoms with Gasteiger partial charge in [0.15, 0.2) is 0 Å². The van der Waals surface area contributed by atoms with Crippen LogP contribution in [0.25, 0.3) is 10.9 Å². The molecule has 140 valence electrons. The third-order valence-electron chi connectivity index (χ3n) is 5.37. The third kappa shape index (κ3) is 3.72. The van der Waals surface area contributed by atoms with E-state index in [0.717, 1.165) is 35.1 Å². The van der Waals surface area contributed by atoms with E-state index in [1.54, 1.807) is 18.5 Å². The van der Waals surface area contributed by atoms with E-state index in [1.165, 1.54) is 0 Å². The number of benzene rings is 1. The highest BCUT2D eigenvalue weighted by atomic mass is 16.2. The Labute approximate surface area is 164 Å². The largest absolute Gasteiger partial charge is 0.341 e. The fourth-order valence-corrected chi connectivity index (χ4v) is 4.04. The van der Waals surface area contributed by atoms with E-state index in [1.807, 2.05) is 41.3 Å². The first kappa shape index (κ1) is 18.1. The number of fused-ring (bicyclic) bond motifs is 1. The lowest BCUT2D eigenvalue weighted by atomic mass is 9.87.